The second kappa shape index (κ2) is 6.18. The van der Waals surface area contributed by atoms with Gasteiger partial charge in [0, 0.05) is 6.04 Å². The highest BCUT2D eigenvalue weighted by atomic mass is 16.5. The van der Waals surface area contributed by atoms with Crippen LogP contribution in [0, 0.1) is 11.3 Å². The lowest BCUT2D eigenvalue weighted by Crippen LogP contribution is -2.24. The molecular weight excluding hydrogens is 188 g/mol. The Balaban J connectivity index is 2.41. The van der Waals surface area contributed by atoms with Gasteiger partial charge in [0.1, 0.15) is 0 Å². The molecule has 0 radical (unpaired) electrons. The van der Waals surface area contributed by atoms with E-state index >= 15 is 0 Å². The molecule has 0 spiro atoms. The molecule has 0 aliphatic carbocycles. The first-order chi connectivity index (χ1) is 7.26. The van der Waals surface area contributed by atoms with Crippen molar-refractivity contribution in [3.63, 3.8) is 0 Å². The number of ether oxygens (including phenoxy) is 1. The average molecular weight is 204 g/mol. The van der Waals surface area contributed by atoms with Crippen molar-refractivity contribution in [1.82, 2.24) is 0 Å². The van der Waals surface area contributed by atoms with Gasteiger partial charge < -0.3 is 10.5 Å². The molecule has 0 aliphatic rings. The van der Waals surface area contributed by atoms with Crippen LogP contribution < -0.4 is 5.73 Å². The molecule has 1 aromatic carbocycles. The standard InChI is InChI=1S/C12H16N2O/c1-2-12(14)9-15-8-11-5-3-4-10(6-11)7-13/h3-6,12H,2,8-9,14H2,1H3. The van der Waals surface area contributed by atoms with Gasteiger partial charge in [0.05, 0.1) is 24.8 Å². The second-order valence-electron chi connectivity index (χ2n) is 3.50. The predicted octanol–water partition coefficient (Wildman–Crippen LogP) is 1.81. The molecule has 3 nitrogen and oxygen atoms in total. The van der Waals surface area contributed by atoms with Crippen molar-refractivity contribution in [1.29, 1.82) is 5.26 Å². The van der Waals surface area contributed by atoms with Crippen molar-refractivity contribution < 1.29 is 4.74 Å². The minimum atomic E-state index is 0.101. The number of nitrogens with two attached hydrogens (primary N) is 1. The number of benzene rings is 1. The van der Waals surface area contributed by atoms with Crippen LogP contribution in [-0.2, 0) is 11.3 Å². The van der Waals surface area contributed by atoms with E-state index in [1.54, 1.807) is 6.07 Å². The zero-order chi connectivity index (χ0) is 11.1. The molecule has 0 saturated heterocycles. The van der Waals surface area contributed by atoms with Gasteiger partial charge in [0.25, 0.3) is 0 Å². The highest BCUT2D eigenvalue weighted by Crippen LogP contribution is 2.05. The van der Waals surface area contributed by atoms with Crippen molar-refractivity contribution >= 4 is 0 Å². The normalized spacial score (nSPS) is 12.1. The lowest BCUT2D eigenvalue weighted by molar-refractivity contribution is 0.107. The summed E-state index contributed by atoms with van der Waals surface area (Å²) in [4.78, 5) is 0. The van der Waals surface area contributed by atoms with Crippen LogP contribution in [-0.4, -0.2) is 12.6 Å². The molecule has 0 saturated carbocycles. The lowest BCUT2D eigenvalue weighted by atomic mass is 10.1. The fourth-order valence-electron chi connectivity index (χ4n) is 1.18. The van der Waals surface area contributed by atoms with E-state index in [1.807, 2.05) is 25.1 Å². The molecule has 0 bridgehead atoms. The zero-order valence-electron chi connectivity index (χ0n) is 8.94. The lowest BCUT2D eigenvalue weighted by Gasteiger charge is -2.09. The summed E-state index contributed by atoms with van der Waals surface area (Å²) in [5, 5.41) is 8.70. The molecular formula is C12H16N2O. The molecule has 2 N–H and O–H groups in total. The molecule has 0 amide bonds. The molecule has 80 valence electrons. The van der Waals surface area contributed by atoms with Gasteiger partial charge >= 0.3 is 0 Å². The number of hydrogen-bond acceptors (Lipinski definition) is 3. The molecule has 1 rings (SSSR count). The monoisotopic (exact) mass is 204 g/mol. The Labute approximate surface area is 90.5 Å². The summed E-state index contributed by atoms with van der Waals surface area (Å²) in [5.41, 5.74) is 7.39. The van der Waals surface area contributed by atoms with Gasteiger partial charge in [-0.05, 0) is 24.1 Å². The van der Waals surface area contributed by atoms with E-state index in [4.69, 9.17) is 15.7 Å². The van der Waals surface area contributed by atoms with Crippen molar-refractivity contribution in [3.8, 4) is 6.07 Å². The van der Waals surface area contributed by atoms with E-state index in [0.717, 1.165) is 12.0 Å². The minimum Gasteiger partial charge on any atom is -0.375 e. The first-order valence-electron chi connectivity index (χ1n) is 5.08. The largest absolute Gasteiger partial charge is 0.375 e. The number of nitriles is 1. The first-order valence-corrected chi connectivity index (χ1v) is 5.08. The maximum atomic E-state index is 8.70. The van der Waals surface area contributed by atoms with E-state index in [9.17, 15) is 0 Å². The summed E-state index contributed by atoms with van der Waals surface area (Å²) < 4.78 is 5.44. The quantitative estimate of drug-likeness (QED) is 0.795. The van der Waals surface area contributed by atoms with Gasteiger partial charge in [-0.1, -0.05) is 19.1 Å². The molecule has 3 heteroatoms. The Bertz CT molecular complexity index is 344. The minimum absolute atomic E-state index is 0.101. The third kappa shape index (κ3) is 4.11. The van der Waals surface area contributed by atoms with E-state index in [1.165, 1.54) is 0 Å². The summed E-state index contributed by atoms with van der Waals surface area (Å²) in [6.45, 7) is 3.11. The molecule has 0 heterocycles. The van der Waals surface area contributed by atoms with Crippen LogP contribution in [0.5, 0.6) is 0 Å². The van der Waals surface area contributed by atoms with Crippen LogP contribution in [0.4, 0.5) is 0 Å². The van der Waals surface area contributed by atoms with Gasteiger partial charge in [0.2, 0.25) is 0 Å². The summed E-state index contributed by atoms with van der Waals surface area (Å²) in [7, 11) is 0. The summed E-state index contributed by atoms with van der Waals surface area (Å²) in [6, 6.07) is 9.61. The van der Waals surface area contributed by atoms with Gasteiger partial charge in [-0.15, -0.1) is 0 Å². The van der Waals surface area contributed by atoms with E-state index in [-0.39, 0.29) is 6.04 Å². The van der Waals surface area contributed by atoms with Crippen LogP contribution in [0.15, 0.2) is 24.3 Å². The van der Waals surface area contributed by atoms with Crippen LogP contribution >= 0.6 is 0 Å². The topological polar surface area (TPSA) is 59.0 Å². The Kier molecular flexibility index (Phi) is 4.82. The molecule has 1 atom stereocenters. The SMILES string of the molecule is CCC(N)COCc1cccc(C#N)c1. The molecule has 1 unspecified atom stereocenters. The predicted molar refractivity (Wildman–Crippen MR) is 59.1 cm³/mol. The second-order valence-corrected chi connectivity index (χ2v) is 3.50. The van der Waals surface area contributed by atoms with E-state index in [2.05, 4.69) is 6.07 Å². The first kappa shape index (κ1) is 11.7. The summed E-state index contributed by atoms with van der Waals surface area (Å²) in [6.07, 6.45) is 0.915. The van der Waals surface area contributed by atoms with Crippen LogP contribution in [0.2, 0.25) is 0 Å². The third-order valence-electron chi connectivity index (χ3n) is 2.18. The van der Waals surface area contributed by atoms with Gasteiger partial charge in [-0.2, -0.15) is 5.26 Å². The Morgan fingerprint density at radius 2 is 2.33 bits per heavy atom. The molecule has 0 aliphatic heterocycles. The molecule has 1 aromatic rings. The molecule has 0 fully saturated rings. The highest BCUT2D eigenvalue weighted by molar-refractivity contribution is 5.32. The van der Waals surface area contributed by atoms with Gasteiger partial charge in [-0.3, -0.25) is 0 Å². The number of hydrogen-bond donors (Lipinski definition) is 1. The number of nitrogens with zero attached hydrogens (tertiary/aromatic N) is 1. The van der Waals surface area contributed by atoms with E-state index in [0.29, 0.717) is 18.8 Å². The van der Waals surface area contributed by atoms with Crippen molar-refractivity contribution in [2.45, 2.75) is 26.0 Å². The van der Waals surface area contributed by atoms with Crippen LogP contribution in [0.1, 0.15) is 24.5 Å². The highest BCUT2D eigenvalue weighted by Gasteiger charge is 2.00. The average Bonchev–Trinajstić information content (AvgIpc) is 2.29. The van der Waals surface area contributed by atoms with Gasteiger partial charge in [-0.25, -0.2) is 0 Å². The van der Waals surface area contributed by atoms with Crippen LogP contribution in [0.25, 0.3) is 0 Å². The maximum Gasteiger partial charge on any atom is 0.0991 e. The smallest absolute Gasteiger partial charge is 0.0991 e. The molecule has 15 heavy (non-hydrogen) atoms. The fraction of sp³-hybridized carbons (Fsp3) is 0.417. The van der Waals surface area contributed by atoms with Crippen molar-refractivity contribution in [2.24, 2.45) is 5.73 Å². The Morgan fingerprint density at radius 3 is 3.00 bits per heavy atom. The zero-order valence-corrected chi connectivity index (χ0v) is 8.94. The maximum absolute atomic E-state index is 8.70. The van der Waals surface area contributed by atoms with Crippen molar-refractivity contribution in [3.05, 3.63) is 35.4 Å². The van der Waals surface area contributed by atoms with Crippen molar-refractivity contribution in [2.75, 3.05) is 6.61 Å². The molecule has 0 aromatic heterocycles. The summed E-state index contributed by atoms with van der Waals surface area (Å²) in [5.74, 6) is 0. The number of rotatable bonds is 5. The van der Waals surface area contributed by atoms with Crippen LogP contribution in [0.3, 0.4) is 0 Å². The van der Waals surface area contributed by atoms with Gasteiger partial charge in [0.15, 0.2) is 0 Å². The Hall–Kier alpha value is -1.37. The Morgan fingerprint density at radius 1 is 1.53 bits per heavy atom. The van der Waals surface area contributed by atoms with E-state index < -0.39 is 0 Å². The fourth-order valence-corrected chi connectivity index (χ4v) is 1.18. The third-order valence-corrected chi connectivity index (χ3v) is 2.18. The summed E-state index contributed by atoms with van der Waals surface area (Å²) >= 11 is 0.